The summed E-state index contributed by atoms with van der Waals surface area (Å²) in [6.45, 7) is 0.540. The van der Waals surface area contributed by atoms with Crippen molar-refractivity contribution in [2.45, 2.75) is 24.7 Å². The number of piperidine rings is 1. The first kappa shape index (κ1) is 16.7. The first-order valence-corrected chi connectivity index (χ1v) is 7.68. The molecule has 1 amide bonds. The summed E-state index contributed by atoms with van der Waals surface area (Å²) in [5.41, 5.74) is -1.74. The van der Waals surface area contributed by atoms with E-state index >= 15 is 0 Å². The maximum absolute atomic E-state index is 13.0. The molecule has 0 unspecified atom stereocenters. The smallest absolute Gasteiger partial charge is 0.363 e. The van der Waals surface area contributed by atoms with Gasteiger partial charge in [-0.2, -0.15) is 13.2 Å². The number of pyridine rings is 1. The highest BCUT2D eigenvalue weighted by Crippen LogP contribution is 2.52. The van der Waals surface area contributed by atoms with Crippen molar-refractivity contribution in [3.8, 4) is 0 Å². The van der Waals surface area contributed by atoms with Crippen LogP contribution in [0.2, 0.25) is 0 Å². The number of rotatable bonds is 3. The van der Waals surface area contributed by atoms with Gasteiger partial charge in [0, 0.05) is 44.9 Å². The summed E-state index contributed by atoms with van der Waals surface area (Å²) in [4.78, 5) is 20.1. The van der Waals surface area contributed by atoms with E-state index in [9.17, 15) is 18.0 Å². The zero-order valence-electron chi connectivity index (χ0n) is 13.4. The molecule has 0 aliphatic carbocycles. The molecule has 1 aromatic heterocycles. The van der Waals surface area contributed by atoms with E-state index in [1.54, 1.807) is 28.1 Å². The van der Waals surface area contributed by atoms with Gasteiger partial charge in [-0.15, -0.1) is 10.2 Å². The van der Waals surface area contributed by atoms with Crippen molar-refractivity contribution >= 4 is 11.7 Å². The molecule has 2 aliphatic heterocycles. The van der Waals surface area contributed by atoms with E-state index < -0.39 is 17.8 Å². The van der Waals surface area contributed by atoms with Gasteiger partial charge in [-0.25, -0.2) is 4.98 Å². The number of carbonyl (C=O) groups is 1. The Hall–Kier alpha value is -2.19. The highest BCUT2D eigenvalue weighted by atomic mass is 19.4. The maximum Gasteiger partial charge on any atom is 0.437 e. The number of amides is 1. The van der Waals surface area contributed by atoms with Gasteiger partial charge >= 0.3 is 6.18 Å². The summed E-state index contributed by atoms with van der Waals surface area (Å²) in [6.07, 6.45) is -2.42. The van der Waals surface area contributed by atoms with Crippen LogP contribution in [0.1, 0.15) is 23.2 Å². The fraction of sp³-hybridized carbons (Fsp3) is 0.600. The summed E-state index contributed by atoms with van der Waals surface area (Å²) in [6, 6.07) is 3.29. The van der Waals surface area contributed by atoms with Gasteiger partial charge < -0.3 is 9.80 Å². The van der Waals surface area contributed by atoms with Crippen LogP contribution < -0.4 is 4.90 Å². The number of anilines is 1. The summed E-state index contributed by atoms with van der Waals surface area (Å²) in [7, 11) is 3.64. The minimum absolute atomic E-state index is 0.190. The van der Waals surface area contributed by atoms with E-state index in [1.165, 1.54) is 0 Å². The van der Waals surface area contributed by atoms with Crippen LogP contribution in [0.3, 0.4) is 0 Å². The molecule has 130 valence electrons. The van der Waals surface area contributed by atoms with Crippen molar-refractivity contribution in [2.75, 3.05) is 32.1 Å². The number of carbonyl (C=O) groups excluding carboxylic acids is 1. The Morgan fingerprint density at radius 1 is 1.29 bits per heavy atom. The number of likely N-dealkylation sites (tertiary alicyclic amines) is 1. The Labute approximate surface area is 137 Å². The van der Waals surface area contributed by atoms with Crippen LogP contribution in [-0.2, 0) is 0 Å². The molecule has 3 heterocycles. The van der Waals surface area contributed by atoms with Gasteiger partial charge in [-0.05, 0) is 25.0 Å². The van der Waals surface area contributed by atoms with Gasteiger partial charge in [-0.1, -0.05) is 0 Å². The summed E-state index contributed by atoms with van der Waals surface area (Å²) < 4.78 is 39.1. The normalized spacial score (nSPS) is 20.1. The van der Waals surface area contributed by atoms with Gasteiger partial charge in [0.2, 0.25) is 0 Å². The number of halogens is 3. The lowest BCUT2D eigenvalue weighted by Gasteiger charge is -2.34. The van der Waals surface area contributed by atoms with Crippen LogP contribution in [0, 0.1) is 5.92 Å². The van der Waals surface area contributed by atoms with Gasteiger partial charge in [0.1, 0.15) is 5.82 Å². The lowest BCUT2D eigenvalue weighted by molar-refractivity contribution is -0.179. The number of aromatic nitrogens is 1. The van der Waals surface area contributed by atoms with Crippen LogP contribution in [-0.4, -0.2) is 54.8 Å². The molecule has 0 atom stereocenters. The second kappa shape index (κ2) is 5.71. The molecule has 3 rings (SSSR count). The molecule has 9 heteroatoms. The number of hydrogen-bond donors (Lipinski definition) is 0. The fourth-order valence-electron chi connectivity index (χ4n) is 3.03. The third kappa shape index (κ3) is 2.83. The molecule has 0 bridgehead atoms. The Kier molecular flexibility index (Phi) is 3.97. The second-order valence-corrected chi connectivity index (χ2v) is 6.29. The van der Waals surface area contributed by atoms with Crippen molar-refractivity contribution in [3.05, 3.63) is 23.9 Å². The summed E-state index contributed by atoms with van der Waals surface area (Å²) in [5, 5.41) is 6.54. The molecular formula is C15H18F3N5O. The van der Waals surface area contributed by atoms with Crippen LogP contribution in [0.15, 0.2) is 28.6 Å². The average Bonchev–Trinajstić information content (AvgIpc) is 3.36. The van der Waals surface area contributed by atoms with E-state index in [1.807, 2.05) is 14.1 Å². The number of nitrogens with zero attached hydrogens (tertiary/aromatic N) is 5. The highest BCUT2D eigenvalue weighted by molar-refractivity contribution is 5.94. The molecule has 24 heavy (non-hydrogen) atoms. The van der Waals surface area contributed by atoms with Crippen molar-refractivity contribution in [1.29, 1.82) is 0 Å². The predicted molar refractivity (Wildman–Crippen MR) is 80.8 cm³/mol. The number of alkyl halides is 3. The third-order valence-electron chi connectivity index (χ3n) is 4.53. The lowest BCUT2D eigenvalue weighted by Crippen LogP contribution is -2.47. The first-order valence-electron chi connectivity index (χ1n) is 7.68. The topological polar surface area (TPSA) is 61.2 Å². The SMILES string of the molecule is CN(C)c1cc(C(=O)N2CCC(C3(C(F)(F)F)N=N3)CC2)ccn1. The molecular weight excluding hydrogens is 323 g/mol. The highest BCUT2D eigenvalue weighted by Gasteiger charge is 2.68. The van der Waals surface area contributed by atoms with E-state index in [4.69, 9.17) is 0 Å². The molecule has 1 aromatic rings. The lowest BCUT2D eigenvalue weighted by atomic mass is 9.86. The molecule has 0 N–H and O–H groups in total. The molecule has 1 fully saturated rings. The van der Waals surface area contributed by atoms with Gasteiger partial charge in [-0.3, -0.25) is 4.79 Å². The Morgan fingerprint density at radius 2 is 1.92 bits per heavy atom. The minimum atomic E-state index is -4.45. The monoisotopic (exact) mass is 341 g/mol. The zero-order chi connectivity index (χ0) is 17.5. The third-order valence-corrected chi connectivity index (χ3v) is 4.53. The minimum Gasteiger partial charge on any atom is -0.363 e. The second-order valence-electron chi connectivity index (χ2n) is 6.29. The van der Waals surface area contributed by atoms with Crippen LogP contribution in [0.25, 0.3) is 0 Å². The van der Waals surface area contributed by atoms with Crippen molar-refractivity contribution in [1.82, 2.24) is 9.88 Å². The van der Waals surface area contributed by atoms with E-state index in [2.05, 4.69) is 15.2 Å². The summed E-state index contributed by atoms with van der Waals surface area (Å²) in [5.74, 6) is -0.219. The molecule has 0 radical (unpaired) electrons. The Bertz CT molecular complexity index is 659. The fourth-order valence-corrected chi connectivity index (χ4v) is 3.03. The van der Waals surface area contributed by atoms with Gasteiger partial charge in [0.05, 0.1) is 0 Å². The largest absolute Gasteiger partial charge is 0.437 e. The van der Waals surface area contributed by atoms with Crippen LogP contribution >= 0.6 is 0 Å². The van der Waals surface area contributed by atoms with Crippen LogP contribution in [0.4, 0.5) is 19.0 Å². The number of hydrogen-bond acceptors (Lipinski definition) is 5. The van der Waals surface area contributed by atoms with E-state index in [-0.39, 0.29) is 31.8 Å². The molecule has 1 saturated heterocycles. The molecule has 0 saturated carbocycles. The van der Waals surface area contributed by atoms with E-state index in [0.29, 0.717) is 11.4 Å². The summed E-state index contributed by atoms with van der Waals surface area (Å²) >= 11 is 0. The van der Waals surface area contributed by atoms with Gasteiger partial charge in [0.15, 0.2) is 0 Å². The van der Waals surface area contributed by atoms with Crippen LogP contribution in [0.5, 0.6) is 0 Å². The first-order chi connectivity index (χ1) is 11.2. The molecule has 0 aromatic carbocycles. The van der Waals surface area contributed by atoms with Crippen molar-refractivity contribution in [3.63, 3.8) is 0 Å². The predicted octanol–water partition coefficient (Wildman–Crippen LogP) is 2.72. The quantitative estimate of drug-likeness (QED) is 0.849. The molecule has 6 nitrogen and oxygen atoms in total. The Morgan fingerprint density at radius 3 is 2.42 bits per heavy atom. The zero-order valence-corrected chi connectivity index (χ0v) is 13.4. The molecule has 2 aliphatic rings. The van der Waals surface area contributed by atoms with Crippen molar-refractivity contribution < 1.29 is 18.0 Å². The average molecular weight is 341 g/mol. The maximum atomic E-state index is 13.0. The van der Waals surface area contributed by atoms with E-state index in [0.717, 1.165) is 0 Å². The molecule has 0 spiro atoms. The van der Waals surface area contributed by atoms with Crippen molar-refractivity contribution in [2.24, 2.45) is 16.1 Å². The van der Waals surface area contributed by atoms with Gasteiger partial charge in [0.25, 0.3) is 11.6 Å². The Balaban J connectivity index is 1.65. The standard InChI is InChI=1S/C15H18F3N5O/c1-22(2)12-9-10(3-6-19-12)13(24)23-7-4-11(5-8-23)14(20-21-14)15(16,17)18/h3,6,9,11H,4-5,7-8H2,1-2H3.